The van der Waals surface area contributed by atoms with Crippen LogP contribution in [0.15, 0.2) is 71.4 Å². The number of carbonyl (C=O) groups is 1. The molecule has 4 rings (SSSR count). The van der Waals surface area contributed by atoms with E-state index in [1.807, 2.05) is 31.2 Å². The van der Waals surface area contributed by atoms with Gasteiger partial charge in [-0.1, -0.05) is 53.5 Å². The zero-order chi connectivity index (χ0) is 23.4. The summed E-state index contributed by atoms with van der Waals surface area (Å²) in [5, 5.41) is 0.807. The van der Waals surface area contributed by atoms with Gasteiger partial charge in [-0.2, -0.15) is 0 Å². The van der Waals surface area contributed by atoms with Gasteiger partial charge in [0.15, 0.2) is 17.2 Å². The number of benzene rings is 3. The van der Waals surface area contributed by atoms with Crippen LogP contribution in [0.4, 0.5) is 0 Å². The Kier molecular flexibility index (Phi) is 7.57. The number of esters is 1. The van der Waals surface area contributed by atoms with Gasteiger partial charge in [-0.05, 0) is 71.5 Å². The molecule has 0 fully saturated rings. The molecule has 0 saturated heterocycles. The second-order valence-corrected chi connectivity index (χ2v) is 8.94. The molecule has 0 aliphatic carbocycles. The Bertz CT molecular complexity index is 1270. The van der Waals surface area contributed by atoms with Gasteiger partial charge in [0, 0.05) is 9.13 Å². The van der Waals surface area contributed by atoms with E-state index in [-0.39, 0.29) is 11.6 Å². The number of aliphatic imine (C=N–C) groups is 1. The van der Waals surface area contributed by atoms with Crippen LogP contribution in [0.3, 0.4) is 0 Å². The summed E-state index contributed by atoms with van der Waals surface area (Å²) in [7, 11) is 0. The summed E-state index contributed by atoms with van der Waals surface area (Å²) in [5.74, 6) is 0.502. The highest BCUT2D eigenvalue weighted by Crippen LogP contribution is 2.38. The highest BCUT2D eigenvalue weighted by Gasteiger charge is 2.26. The van der Waals surface area contributed by atoms with Gasteiger partial charge in [0.1, 0.15) is 6.61 Å². The molecule has 0 bridgehead atoms. The molecule has 168 valence electrons. The molecule has 0 N–H and O–H groups in total. The minimum Gasteiger partial charge on any atom is -0.490 e. The molecule has 1 aliphatic heterocycles. The maximum absolute atomic E-state index is 12.4. The number of cyclic esters (lactones) is 1. The van der Waals surface area contributed by atoms with E-state index >= 15 is 0 Å². The summed E-state index contributed by atoms with van der Waals surface area (Å²) >= 11 is 15.0. The fourth-order valence-corrected chi connectivity index (χ4v) is 4.19. The number of rotatable bonds is 7. The smallest absolute Gasteiger partial charge is 0.363 e. The van der Waals surface area contributed by atoms with Crippen LogP contribution in [-0.4, -0.2) is 18.5 Å². The van der Waals surface area contributed by atoms with Crippen molar-refractivity contribution in [2.24, 2.45) is 4.99 Å². The van der Waals surface area contributed by atoms with Crippen LogP contribution in [0.5, 0.6) is 11.5 Å². The second kappa shape index (κ2) is 10.6. The van der Waals surface area contributed by atoms with E-state index in [1.165, 1.54) is 0 Å². The molecule has 8 heteroatoms. The Morgan fingerprint density at radius 2 is 1.79 bits per heavy atom. The van der Waals surface area contributed by atoms with Crippen LogP contribution >= 0.6 is 45.8 Å². The molecule has 5 nitrogen and oxygen atoms in total. The maximum Gasteiger partial charge on any atom is 0.363 e. The van der Waals surface area contributed by atoms with Crippen molar-refractivity contribution < 1.29 is 19.0 Å². The molecule has 0 saturated carbocycles. The molecule has 0 unspecified atom stereocenters. The minimum absolute atomic E-state index is 0.135. The summed E-state index contributed by atoms with van der Waals surface area (Å²) in [6.45, 7) is 2.64. The van der Waals surface area contributed by atoms with Crippen molar-refractivity contribution in [2.45, 2.75) is 13.5 Å². The summed E-state index contributed by atoms with van der Waals surface area (Å²) in [4.78, 5) is 16.7. The predicted octanol–water partition coefficient (Wildman–Crippen LogP) is 6.92. The van der Waals surface area contributed by atoms with Gasteiger partial charge in [-0.25, -0.2) is 9.79 Å². The van der Waals surface area contributed by atoms with Crippen LogP contribution in [0, 0.1) is 3.57 Å². The monoisotopic (exact) mass is 593 g/mol. The van der Waals surface area contributed by atoms with E-state index in [0.29, 0.717) is 45.9 Å². The fraction of sp³-hybridized carbons (Fsp3) is 0.120. The van der Waals surface area contributed by atoms with Crippen LogP contribution in [0.2, 0.25) is 10.0 Å². The normalized spacial score (nSPS) is 14.2. The lowest BCUT2D eigenvalue weighted by Gasteiger charge is -2.15. The predicted molar refractivity (Wildman–Crippen MR) is 138 cm³/mol. The van der Waals surface area contributed by atoms with Gasteiger partial charge in [-0.15, -0.1) is 0 Å². The summed E-state index contributed by atoms with van der Waals surface area (Å²) in [6.07, 6.45) is 1.59. The third-order valence-corrected chi connectivity index (χ3v) is 6.35. The molecule has 0 amide bonds. The van der Waals surface area contributed by atoms with Gasteiger partial charge in [0.05, 0.1) is 22.2 Å². The summed E-state index contributed by atoms with van der Waals surface area (Å²) < 4.78 is 18.2. The van der Waals surface area contributed by atoms with E-state index in [0.717, 1.165) is 9.13 Å². The lowest BCUT2D eigenvalue weighted by atomic mass is 10.1. The van der Waals surface area contributed by atoms with Crippen LogP contribution < -0.4 is 9.47 Å². The SMILES string of the molecule is CCOc1cc(/C=C2\N=C(c3ccccc3Cl)OC2=O)cc(Cl)c1OCc1ccccc1I. The van der Waals surface area contributed by atoms with Gasteiger partial charge in [0.25, 0.3) is 0 Å². The largest absolute Gasteiger partial charge is 0.490 e. The number of nitrogens with zero attached hydrogens (tertiary/aromatic N) is 1. The molecule has 1 heterocycles. The first-order chi connectivity index (χ1) is 16.0. The van der Waals surface area contributed by atoms with E-state index in [9.17, 15) is 4.79 Å². The lowest BCUT2D eigenvalue weighted by molar-refractivity contribution is -0.129. The molecule has 0 aromatic heterocycles. The van der Waals surface area contributed by atoms with Gasteiger partial charge in [0.2, 0.25) is 5.90 Å². The standard InChI is InChI=1S/C25H18Cl2INO4/c1-2-31-22-13-15(11-19(27)23(22)32-14-16-7-3-6-10-20(16)28)12-21-25(30)33-24(29-21)17-8-4-5-9-18(17)26/h3-13H,2,14H2,1H3/b21-12-. The summed E-state index contributed by atoms with van der Waals surface area (Å²) in [6, 6.07) is 18.4. The highest BCUT2D eigenvalue weighted by atomic mass is 127. The van der Waals surface area contributed by atoms with Crippen molar-refractivity contribution in [3.8, 4) is 11.5 Å². The maximum atomic E-state index is 12.4. The average molecular weight is 594 g/mol. The Balaban J connectivity index is 1.63. The molecule has 3 aromatic carbocycles. The van der Waals surface area contributed by atoms with E-state index in [4.69, 9.17) is 37.4 Å². The van der Waals surface area contributed by atoms with Gasteiger partial charge < -0.3 is 14.2 Å². The van der Waals surface area contributed by atoms with Crippen molar-refractivity contribution in [3.63, 3.8) is 0 Å². The van der Waals surface area contributed by atoms with Crippen LogP contribution in [0.1, 0.15) is 23.6 Å². The van der Waals surface area contributed by atoms with Gasteiger partial charge in [-0.3, -0.25) is 0 Å². The minimum atomic E-state index is -0.571. The quantitative estimate of drug-likeness (QED) is 0.169. The van der Waals surface area contributed by atoms with E-state index < -0.39 is 5.97 Å². The fourth-order valence-electron chi connectivity index (χ4n) is 3.16. The van der Waals surface area contributed by atoms with Crippen LogP contribution in [-0.2, 0) is 16.1 Å². The van der Waals surface area contributed by atoms with Crippen molar-refractivity contribution in [1.82, 2.24) is 0 Å². The summed E-state index contributed by atoms with van der Waals surface area (Å²) in [5.41, 5.74) is 2.35. The zero-order valence-corrected chi connectivity index (χ0v) is 21.1. The Morgan fingerprint density at radius 3 is 2.55 bits per heavy atom. The molecule has 33 heavy (non-hydrogen) atoms. The van der Waals surface area contributed by atoms with Crippen molar-refractivity contribution in [3.05, 3.63) is 96.7 Å². The Hall–Kier alpha value is -2.55. The molecule has 0 spiro atoms. The molecule has 3 aromatic rings. The number of ether oxygens (including phenoxy) is 3. The first-order valence-corrected chi connectivity index (χ1v) is 11.9. The topological polar surface area (TPSA) is 57.1 Å². The molecule has 1 aliphatic rings. The highest BCUT2D eigenvalue weighted by molar-refractivity contribution is 14.1. The number of carbonyl (C=O) groups excluding carboxylic acids is 1. The van der Waals surface area contributed by atoms with Crippen molar-refractivity contribution >= 4 is 63.7 Å². The first kappa shape index (κ1) is 23.6. The van der Waals surface area contributed by atoms with E-state index in [2.05, 4.69) is 27.6 Å². The Morgan fingerprint density at radius 1 is 1.03 bits per heavy atom. The molecule has 0 atom stereocenters. The van der Waals surface area contributed by atoms with E-state index in [1.54, 1.807) is 42.5 Å². The first-order valence-electron chi connectivity index (χ1n) is 10.1. The second-order valence-electron chi connectivity index (χ2n) is 6.96. The molecular weight excluding hydrogens is 576 g/mol. The molecular formula is C25H18Cl2INO4. The molecule has 0 radical (unpaired) electrons. The Labute approximate surface area is 215 Å². The number of halogens is 3. The number of hydrogen-bond acceptors (Lipinski definition) is 5. The van der Waals surface area contributed by atoms with Gasteiger partial charge >= 0.3 is 5.97 Å². The van der Waals surface area contributed by atoms with Crippen LogP contribution in [0.25, 0.3) is 6.08 Å². The van der Waals surface area contributed by atoms with Crippen molar-refractivity contribution in [2.75, 3.05) is 6.61 Å². The third kappa shape index (κ3) is 5.51. The number of hydrogen-bond donors (Lipinski definition) is 0. The zero-order valence-electron chi connectivity index (χ0n) is 17.5. The van der Waals surface area contributed by atoms with Crippen molar-refractivity contribution in [1.29, 1.82) is 0 Å². The average Bonchev–Trinajstić information content (AvgIpc) is 3.14. The third-order valence-electron chi connectivity index (χ3n) is 4.69. The lowest BCUT2D eigenvalue weighted by Crippen LogP contribution is -2.05.